The average Bonchev–Trinajstić information content (AvgIpc) is 2.45. The molecule has 1 atom stereocenters. The summed E-state index contributed by atoms with van der Waals surface area (Å²) in [7, 11) is 0. The molecule has 3 heteroatoms. The molecule has 0 radical (unpaired) electrons. The van der Waals surface area contributed by atoms with E-state index in [0.29, 0.717) is 5.92 Å². The Kier molecular flexibility index (Phi) is 3.07. The van der Waals surface area contributed by atoms with E-state index < -0.39 is 0 Å². The maximum absolute atomic E-state index is 5.95. The molecule has 0 saturated heterocycles. The first kappa shape index (κ1) is 10.2. The summed E-state index contributed by atoms with van der Waals surface area (Å²) in [6.07, 6.45) is 5.29. The van der Waals surface area contributed by atoms with Crippen LogP contribution >= 0.6 is 11.3 Å². The van der Waals surface area contributed by atoms with Crippen molar-refractivity contribution in [2.75, 3.05) is 0 Å². The van der Waals surface area contributed by atoms with Gasteiger partial charge in [-0.2, -0.15) is 0 Å². The van der Waals surface area contributed by atoms with Gasteiger partial charge < -0.3 is 5.73 Å². The van der Waals surface area contributed by atoms with Gasteiger partial charge in [-0.1, -0.05) is 13.8 Å². The molecule has 0 aliphatic rings. The van der Waals surface area contributed by atoms with E-state index in [1.165, 1.54) is 0 Å². The Morgan fingerprint density at radius 1 is 1.54 bits per heavy atom. The third-order valence-electron chi connectivity index (χ3n) is 1.95. The molecule has 0 aromatic carbocycles. The number of aryl methyl sites for hydroxylation is 1. The monoisotopic (exact) mass is 194 g/mol. The van der Waals surface area contributed by atoms with Gasteiger partial charge in [0.2, 0.25) is 0 Å². The molecule has 1 aromatic rings. The largest absolute Gasteiger partial charge is 0.322 e. The Bertz CT molecular complexity index is 333. The number of hydrogen-bond donors (Lipinski definition) is 1. The van der Waals surface area contributed by atoms with Gasteiger partial charge in [-0.15, -0.1) is 17.8 Å². The number of nitrogens with zero attached hydrogens (tertiary/aromatic N) is 1. The lowest BCUT2D eigenvalue weighted by molar-refractivity contribution is 0.512. The predicted octanol–water partition coefficient (Wildman–Crippen LogP) is 2.09. The van der Waals surface area contributed by atoms with Crippen LogP contribution in [0, 0.1) is 25.2 Å². The molecule has 13 heavy (non-hydrogen) atoms. The van der Waals surface area contributed by atoms with Crippen molar-refractivity contribution in [2.24, 2.45) is 11.7 Å². The molecular weight excluding hydrogens is 180 g/mol. The summed E-state index contributed by atoms with van der Waals surface area (Å²) in [4.78, 5) is 5.38. The topological polar surface area (TPSA) is 38.9 Å². The summed E-state index contributed by atoms with van der Waals surface area (Å²) < 4.78 is 0. The second-order valence-corrected chi connectivity index (χ2v) is 4.61. The van der Waals surface area contributed by atoms with Gasteiger partial charge in [0.1, 0.15) is 10.7 Å². The highest BCUT2D eigenvalue weighted by molar-refractivity contribution is 7.11. The molecule has 2 nitrogen and oxygen atoms in total. The van der Waals surface area contributed by atoms with Gasteiger partial charge in [0, 0.05) is 4.88 Å². The second kappa shape index (κ2) is 3.91. The molecular formula is C10H14N2S. The van der Waals surface area contributed by atoms with E-state index in [-0.39, 0.29) is 6.04 Å². The Labute approximate surface area is 83.2 Å². The van der Waals surface area contributed by atoms with Crippen LogP contribution in [-0.4, -0.2) is 4.98 Å². The molecule has 0 saturated carbocycles. The lowest BCUT2D eigenvalue weighted by atomic mass is 10.1. The average molecular weight is 194 g/mol. The third kappa shape index (κ3) is 2.09. The summed E-state index contributed by atoms with van der Waals surface area (Å²) in [6.45, 7) is 6.14. The van der Waals surface area contributed by atoms with Crippen molar-refractivity contribution in [1.29, 1.82) is 0 Å². The molecule has 70 valence electrons. The fourth-order valence-electron chi connectivity index (χ4n) is 0.979. The lowest BCUT2D eigenvalue weighted by Gasteiger charge is -2.11. The molecule has 1 heterocycles. The van der Waals surface area contributed by atoms with Crippen LogP contribution in [0.1, 0.15) is 35.5 Å². The molecule has 0 spiro atoms. The van der Waals surface area contributed by atoms with Crippen molar-refractivity contribution in [2.45, 2.75) is 26.8 Å². The van der Waals surface area contributed by atoms with Gasteiger partial charge >= 0.3 is 0 Å². The maximum Gasteiger partial charge on any atom is 0.127 e. The minimum Gasteiger partial charge on any atom is -0.322 e. The Morgan fingerprint density at radius 3 is 2.54 bits per heavy atom. The van der Waals surface area contributed by atoms with E-state index in [9.17, 15) is 0 Å². The van der Waals surface area contributed by atoms with Gasteiger partial charge in [-0.25, -0.2) is 4.98 Å². The van der Waals surface area contributed by atoms with Crippen molar-refractivity contribution in [3.63, 3.8) is 0 Å². The quantitative estimate of drug-likeness (QED) is 0.732. The first-order valence-corrected chi connectivity index (χ1v) is 5.07. The zero-order valence-corrected chi connectivity index (χ0v) is 8.98. The summed E-state index contributed by atoms with van der Waals surface area (Å²) >= 11 is 1.60. The van der Waals surface area contributed by atoms with Crippen molar-refractivity contribution in [3.05, 3.63) is 15.6 Å². The lowest BCUT2D eigenvalue weighted by Crippen LogP contribution is -2.16. The van der Waals surface area contributed by atoms with Crippen molar-refractivity contribution >= 4 is 11.3 Å². The van der Waals surface area contributed by atoms with Gasteiger partial charge in [-0.05, 0) is 18.8 Å². The number of thiazole rings is 1. The summed E-state index contributed by atoms with van der Waals surface area (Å²) in [5.41, 5.74) is 6.69. The highest BCUT2D eigenvalue weighted by Gasteiger charge is 2.15. The second-order valence-electron chi connectivity index (χ2n) is 3.37. The van der Waals surface area contributed by atoms with E-state index >= 15 is 0 Å². The maximum atomic E-state index is 5.95. The molecule has 1 aromatic heterocycles. The molecule has 0 bridgehead atoms. The van der Waals surface area contributed by atoms with Crippen LogP contribution in [0.2, 0.25) is 0 Å². The van der Waals surface area contributed by atoms with Crippen LogP contribution in [0.15, 0.2) is 0 Å². The zero-order valence-electron chi connectivity index (χ0n) is 8.16. The van der Waals surface area contributed by atoms with Crippen molar-refractivity contribution < 1.29 is 0 Å². The normalized spacial score (nSPS) is 12.9. The fraction of sp³-hybridized carbons (Fsp3) is 0.500. The first-order valence-electron chi connectivity index (χ1n) is 4.25. The standard InChI is InChI=1S/C10H14N2S/c1-5-8-7(4)13-10(12-8)9(11)6(2)3/h1,6,9H,11H2,2-4H3. The number of aromatic nitrogens is 1. The number of rotatable bonds is 2. The van der Waals surface area contributed by atoms with Crippen LogP contribution in [-0.2, 0) is 0 Å². The minimum atomic E-state index is 0.00537. The van der Waals surface area contributed by atoms with Crippen LogP contribution < -0.4 is 5.73 Å². The molecule has 0 fully saturated rings. The van der Waals surface area contributed by atoms with Crippen molar-refractivity contribution in [1.82, 2.24) is 4.98 Å². The molecule has 1 rings (SSSR count). The van der Waals surface area contributed by atoms with Gasteiger partial charge in [0.25, 0.3) is 0 Å². The van der Waals surface area contributed by atoms with E-state index in [0.717, 1.165) is 15.6 Å². The van der Waals surface area contributed by atoms with E-state index in [4.69, 9.17) is 12.2 Å². The predicted molar refractivity (Wildman–Crippen MR) is 56.6 cm³/mol. The summed E-state index contributed by atoms with van der Waals surface area (Å²) in [5.74, 6) is 2.95. The molecule has 1 unspecified atom stereocenters. The van der Waals surface area contributed by atoms with Crippen LogP contribution in [0.3, 0.4) is 0 Å². The van der Waals surface area contributed by atoms with E-state index in [1.807, 2.05) is 6.92 Å². The number of hydrogen-bond acceptors (Lipinski definition) is 3. The van der Waals surface area contributed by atoms with Crippen LogP contribution in [0.5, 0.6) is 0 Å². The number of terminal acetylenes is 1. The van der Waals surface area contributed by atoms with Gasteiger partial charge in [0.05, 0.1) is 6.04 Å². The highest BCUT2D eigenvalue weighted by atomic mass is 32.1. The third-order valence-corrected chi connectivity index (χ3v) is 3.03. The zero-order chi connectivity index (χ0) is 10.0. The van der Waals surface area contributed by atoms with E-state index in [1.54, 1.807) is 11.3 Å². The molecule has 0 amide bonds. The van der Waals surface area contributed by atoms with Crippen LogP contribution in [0.4, 0.5) is 0 Å². The van der Waals surface area contributed by atoms with Crippen LogP contribution in [0.25, 0.3) is 0 Å². The highest BCUT2D eigenvalue weighted by Crippen LogP contribution is 2.25. The Morgan fingerprint density at radius 2 is 2.15 bits per heavy atom. The summed E-state index contributed by atoms with van der Waals surface area (Å²) in [6, 6.07) is 0.00537. The molecule has 2 N–H and O–H groups in total. The van der Waals surface area contributed by atoms with Crippen molar-refractivity contribution in [3.8, 4) is 12.3 Å². The first-order chi connectivity index (χ1) is 6.06. The number of nitrogens with two attached hydrogens (primary N) is 1. The van der Waals surface area contributed by atoms with Gasteiger partial charge in [-0.3, -0.25) is 0 Å². The smallest absolute Gasteiger partial charge is 0.127 e. The molecule has 0 aliphatic carbocycles. The fourth-order valence-corrected chi connectivity index (χ4v) is 2.04. The summed E-state index contributed by atoms with van der Waals surface area (Å²) in [5, 5.41) is 0.945. The minimum absolute atomic E-state index is 0.00537. The Hall–Kier alpha value is -0.850. The Balaban J connectivity index is 2.98. The van der Waals surface area contributed by atoms with Gasteiger partial charge in [0.15, 0.2) is 0 Å². The SMILES string of the molecule is C#Cc1nc(C(N)C(C)C)sc1C. The molecule has 0 aliphatic heterocycles. The van der Waals surface area contributed by atoms with E-state index in [2.05, 4.69) is 24.8 Å².